The number of piperidine rings is 1. The Morgan fingerprint density at radius 3 is 2.62 bits per heavy atom. The Balaban J connectivity index is 1.34. The van der Waals surface area contributed by atoms with Gasteiger partial charge in [-0.15, -0.1) is 0 Å². The number of nitriles is 1. The lowest BCUT2D eigenvalue weighted by molar-refractivity contribution is 0.0115. The minimum atomic E-state index is 0.403. The molecule has 0 unspecified atom stereocenters. The molecule has 2 aromatic carbocycles. The van der Waals surface area contributed by atoms with Gasteiger partial charge in [0.1, 0.15) is 17.0 Å². The van der Waals surface area contributed by atoms with Crippen molar-refractivity contribution >= 4 is 39.6 Å². The molecule has 0 radical (unpaired) electrons. The van der Waals surface area contributed by atoms with Crippen molar-refractivity contribution in [3.8, 4) is 11.8 Å². The van der Waals surface area contributed by atoms with E-state index in [1.807, 2.05) is 36.4 Å². The second-order valence-corrected chi connectivity index (χ2v) is 9.10. The lowest BCUT2D eigenvalue weighted by Gasteiger charge is -2.41. The quantitative estimate of drug-likeness (QED) is 0.528. The molecule has 0 amide bonds. The van der Waals surface area contributed by atoms with Crippen LogP contribution in [0.2, 0.25) is 5.15 Å². The summed E-state index contributed by atoms with van der Waals surface area (Å²) in [5.74, 6) is 0.744. The Kier molecular flexibility index (Phi) is 6.73. The van der Waals surface area contributed by atoms with Crippen molar-refractivity contribution in [2.24, 2.45) is 0 Å². The van der Waals surface area contributed by atoms with Gasteiger partial charge >= 0.3 is 0 Å². The molecule has 1 aromatic heterocycles. The van der Waals surface area contributed by atoms with Crippen molar-refractivity contribution in [2.45, 2.75) is 18.9 Å². The Morgan fingerprint density at radius 2 is 1.88 bits per heavy atom. The predicted octanol–water partition coefficient (Wildman–Crippen LogP) is 4.81. The maximum atomic E-state index is 9.91. The van der Waals surface area contributed by atoms with Gasteiger partial charge in [-0.3, -0.25) is 4.90 Å². The summed E-state index contributed by atoms with van der Waals surface area (Å²) >= 11 is 6.27. The van der Waals surface area contributed by atoms with E-state index in [-0.39, 0.29) is 0 Å². The van der Waals surface area contributed by atoms with Crippen LogP contribution in [0, 0.1) is 11.3 Å². The van der Waals surface area contributed by atoms with Crippen molar-refractivity contribution in [3.63, 3.8) is 0 Å². The van der Waals surface area contributed by atoms with E-state index in [1.165, 1.54) is 0 Å². The standard InChI is InChI=1S/C26H28ClN5O2/c1-33-21-3-4-23-22(15-21)24(16-26(27)30-23)29-19-2-5-25(18(14-19)17-28)32-8-6-20(7-9-32)31-10-12-34-13-11-31/h2-5,14-16,20H,6-13H2,1H3,(H,29,30). The fourth-order valence-corrected chi connectivity index (χ4v) is 5.15. The second-order valence-electron chi connectivity index (χ2n) is 8.71. The summed E-state index contributed by atoms with van der Waals surface area (Å²) in [4.78, 5) is 9.29. The van der Waals surface area contributed by atoms with E-state index < -0.39 is 0 Å². The Morgan fingerprint density at radius 1 is 1.09 bits per heavy atom. The van der Waals surface area contributed by atoms with Crippen LogP contribution in [-0.2, 0) is 4.74 Å². The molecule has 3 aromatic rings. The monoisotopic (exact) mass is 477 g/mol. The van der Waals surface area contributed by atoms with Gasteiger partial charge in [-0.2, -0.15) is 5.26 Å². The molecule has 2 fully saturated rings. The summed E-state index contributed by atoms with van der Waals surface area (Å²) in [6, 6.07) is 16.4. The van der Waals surface area contributed by atoms with Crippen LogP contribution in [0.4, 0.5) is 17.1 Å². The molecule has 8 heteroatoms. The van der Waals surface area contributed by atoms with Gasteiger partial charge in [0.05, 0.1) is 42.8 Å². The molecule has 176 valence electrons. The maximum Gasteiger partial charge on any atom is 0.131 e. The zero-order chi connectivity index (χ0) is 23.5. The number of aromatic nitrogens is 1. The third-order valence-electron chi connectivity index (χ3n) is 6.75. The number of methoxy groups -OCH3 is 1. The van der Waals surface area contributed by atoms with Crippen molar-refractivity contribution < 1.29 is 9.47 Å². The van der Waals surface area contributed by atoms with E-state index in [4.69, 9.17) is 21.1 Å². The highest BCUT2D eigenvalue weighted by Gasteiger charge is 2.26. The fourth-order valence-electron chi connectivity index (χ4n) is 4.95. The highest BCUT2D eigenvalue weighted by atomic mass is 35.5. The number of benzene rings is 2. The number of hydrogen-bond donors (Lipinski definition) is 1. The van der Waals surface area contributed by atoms with E-state index in [2.05, 4.69) is 26.2 Å². The number of halogens is 1. The van der Waals surface area contributed by atoms with Gasteiger partial charge in [-0.25, -0.2) is 4.98 Å². The number of rotatable bonds is 5. The number of nitrogens with zero attached hydrogens (tertiary/aromatic N) is 4. The summed E-state index contributed by atoms with van der Waals surface area (Å²) in [7, 11) is 1.64. The summed E-state index contributed by atoms with van der Waals surface area (Å²) < 4.78 is 10.9. The third kappa shape index (κ3) is 4.76. The molecule has 7 nitrogen and oxygen atoms in total. The summed E-state index contributed by atoms with van der Waals surface area (Å²) in [6.07, 6.45) is 2.21. The molecule has 0 atom stereocenters. The van der Waals surface area contributed by atoms with Crippen LogP contribution in [0.5, 0.6) is 5.75 Å². The number of fused-ring (bicyclic) bond motifs is 1. The van der Waals surface area contributed by atoms with Gasteiger partial charge in [0, 0.05) is 43.3 Å². The van der Waals surface area contributed by atoms with E-state index >= 15 is 0 Å². The first kappa shape index (κ1) is 22.7. The second kappa shape index (κ2) is 10.1. The number of hydrogen-bond acceptors (Lipinski definition) is 7. The van der Waals surface area contributed by atoms with Crippen LogP contribution in [0.1, 0.15) is 18.4 Å². The lowest BCUT2D eigenvalue weighted by Crippen LogP contribution is -2.49. The van der Waals surface area contributed by atoms with Gasteiger partial charge in [-0.05, 0) is 55.3 Å². The normalized spacial score (nSPS) is 17.5. The Bertz CT molecular complexity index is 1210. The van der Waals surface area contributed by atoms with Gasteiger partial charge in [-0.1, -0.05) is 11.6 Å². The van der Waals surface area contributed by atoms with Gasteiger partial charge in [0.2, 0.25) is 0 Å². The molecule has 0 spiro atoms. The number of ether oxygens (including phenoxy) is 2. The smallest absolute Gasteiger partial charge is 0.131 e. The topological polar surface area (TPSA) is 73.7 Å². The van der Waals surface area contributed by atoms with Crippen molar-refractivity contribution in [3.05, 3.63) is 53.2 Å². The summed E-state index contributed by atoms with van der Waals surface area (Å²) in [5, 5.41) is 14.6. The molecule has 3 heterocycles. The molecule has 5 rings (SSSR count). The average molecular weight is 478 g/mol. The summed E-state index contributed by atoms with van der Waals surface area (Å²) in [5.41, 5.74) is 4.08. The Hall–Kier alpha value is -3.05. The van der Waals surface area contributed by atoms with Crippen molar-refractivity contribution in [2.75, 3.05) is 56.7 Å². The summed E-state index contributed by atoms with van der Waals surface area (Å²) in [6.45, 7) is 5.61. The van der Waals surface area contributed by atoms with Crippen LogP contribution >= 0.6 is 11.6 Å². The number of nitrogens with one attached hydrogen (secondary N) is 1. The predicted molar refractivity (Wildman–Crippen MR) is 135 cm³/mol. The van der Waals surface area contributed by atoms with Crippen LogP contribution < -0.4 is 15.0 Å². The maximum absolute atomic E-state index is 9.91. The van der Waals surface area contributed by atoms with Crippen LogP contribution in [-0.4, -0.2) is 62.4 Å². The highest BCUT2D eigenvalue weighted by molar-refractivity contribution is 6.30. The third-order valence-corrected chi connectivity index (χ3v) is 6.94. The molecule has 2 aliphatic heterocycles. The van der Waals surface area contributed by atoms with E-state index in [1.54, 1.807) is 13.2 Å². The van der Waals surface area contributed by atoms with Crippen LogP contribution in [0.3, 0.4) is 0 Å². The SMILES string of the molecule is COc1ccc2nc(Cl)cc(Nc3ccc(N4CCC(N5CCOCC5)CC4)c(C#N)c3)c2c1. The van der Waals surface area contributed by atoms with Gasteiger partial charge in [0.25, 0.3) is 0 Å². The largest absolute Gasteiger partial charge is 0.497 e. The fraction of sp³-hybridized carbons (Fsp3) is 0.385. The van der Waals surface area contributed by atoms with E-state index in [0.29, 0.717) is 16.8 Å². The van der Waals surface area contributed by atoms with E-state index in [0.717, 1.165) is 85.9 Å². The average Bonchev–Trinajstić information content (AvgIpc) is 2.89. The van der Waals surface area contributed by atoms with Crippen molar-refractivity contribution in [1.82, 2.24) is 9.88 Å². The molecule has 1 N–H and O–H groups in total. The molecular weight excluding hydrogens is 450 g/mol. The minimum absolute atomic E-state index is 0.403. The molecular formula is C26H28ClN5O2. The lowest BCUT2D eigenvalue weighted by atomic mass is 10.0. The molecule has 0 saturated carbocycles. The first-order valence-corrected chi connectivity index (χ1v) is 12.0. The number of pyridine rings is 1. The molecule has 2 saturated heterocycles. The van der Waals surface area contributed by atoms with E-state index in [9.17, 15) is 5.26 Å². The molecule has 2 aliphatic rings. The van der Waals surface area contributed by atoms with Crippen LogP contribution in [0.25, 0.3) is 10.9 Å². The first-order chi connectivity index (χ1) is 16.6. The Labute approximate surface area is 204 Å². The first-order valence-electron chi connectivity index (χ1n) is 11.7. The number of morpholine rings is 1. The zero-order valence-electron chi connectivity index (χ0n) is 19.3. The van der Waals surface area contributed by atoms with Crippen molar-refractivity contribution in [1.29, 1.82) is 5.26 Å². The van der Waals surface area contributed by atoms with Gasteiger partial charge in [0.15, 0.2) is 0 Å². The molecule has 34 heavy (non-hydrogen) atoms. The highest BCUT2D eigenvalue weighted by Crippen LogP contribution is 2.33. The molecule has 0 bridgehead atoms. The van der Waals surface area contributed by atoms with Crippen LogP contribution in [0.15, 0.2) is 42.5 Å². The minimum Gasteiger partial charge on any atom is -0.497 e. The molecule has 0 aliphatic carbocycles. The zero-order valence-corrected chi connectivity index (χ0v) is 20.0. The number of anilines is 3. The van der Waals surface area contributed by atoms with Gasteiger partial charge < -0.3 is 19.7 Å².